The average Bonchev–Trinajstić information content (AvgIpc) is 2.75. The van der Waals surface area contributed by atoms with E-state index in [-0.39, 0.29) is 18.2 Å². The first-order valence-corrected chi connectivity index (χ1v) is 9.38. The molecule has 152 valence electrons. The fraction of sp³-hybridized carbons (Fsp3) is 0.0870. The second kappa shape index (κ2) is 9.88. The molecule has 0 aromatic heterocycles. The summed E-state index contributed by atoms with van der Waals surface area (Å²) >= 11 is 0. The smallest absolute Gasteiger partial charge is 0.316 e. The van der Waals surface area contributed by atoms with Gasteiger partial charge in [-0.1, -0.05) is 48.5 Å². The van der Waals surface area contributed by atoms with E-state index in [1.807, 2.05) is 36.4 Å². The van der Waals surface area contributed by atoms with Gasteiger partial charge in [-0.2, -0.15) is 0 Å². The standard InChI is InChI=1S/C23H22N4O3/c24-23(30)26-19-13-11-18(12-14-19)25-21(28)15-20(16-7-3-1-4-8-16)27-22(29)17-9-5-2-6-10-17/h1-14,20H,15H2,(H,25,28)(H,27,29)(H3,24,26,30). The molecule has 3 aromatic carbocycles. The molecule has 0 heterocycles. The maximum absolute atomic E-state index is 12.6. The number of nitrogens with two attached hydrogens (primary N) is 1. The molecule has 7 nitrogen and oxygen atoms in total. The van der Waals surface area contributed by atoms with Gasteiger partial charge < -0.3 is 21.7 Å². The van der Waals surface area contributed by atoms with E-state index in [1.165, 1.54) is 0 Å². The fourth-order valence-electron chi connectivity index (χ4n) is 2.95. The molecule has 0 aliphatic carbocycles. The van der Waals surface area contributed by atoms with Crippen LogP contribution in [0.25, 0.3) is 0 Å². The highest BCUT2D eigenvalue weighted by Gasteiger charge is 2.19. The van der Waals surface area contributed by atoms with Crippen molar-refractivity contribution >= 4 is 29.2 Å². The molecule has 0 radical (unpaired) electrons. The number of hydrogen-bond donors (Lipinski definition) is 4. The van der Waals surface area contributed by atoms with Crippen LogP contribution in [0.1, 0.15) is 28.4 Å². The Kier molecular flexibility index (Phi) is 6.78. The van der Waals surface area contributed by atoms with Gasteiger partial charge in [-0.3, -0.25) is 9.59 Å². The Morgan fingerprint density at radius 1 is 0.733 bits per heavy atom. The number of primary amides is 1. The van der Waals surface area contributed by atoms with Gasteiger partial charge in [0, 0.05) is 16.9 Å². The first-order valence-electron chi connectivity index (χ1n) is 9.38. The molecule has 0 aliphatic rings. The van der Waals surface area contributed by atoms with Crippen molar-refractivity contribution in [3.8, 4) is 0 Å². The zero-order valence-electron chi connectivity index (χ0n) is 16.2. The third-order valence-electron chi connectivity index (χ3n) is 4.37. The highest BCUT2D eigenvalue weighted by molar-refractivity contribution is 5.96. The molecule has 3 aromatic rings. The molecule has 0 aliphatic heterocycles. The van der Waals surface area contributed by atoms with Crippen molar-refractivity contribution in [3.63, 3.8) is 0 Å². The van der Waals surface area contributed by atoms with Crippen molar-refractivity contribution < 1.29 is 14.4 Å². The Morgan fingerprint density at radius 3 is 1.83 bits per heavy atom. The number of hydrogen-bond acceptors (Lipinski definition) is 3. The van der Waals surface area contributed by atoms with Gasteiger partial charge in [-0.25, -0.2) is 4.79 Å². The van der Waals surface area contributed by atoms with Gasteiger partial charge in [0.25, 0.3) is 5.91 Å². The second-order valence-corrected chi connectivity index (χ2v) is 6.62. The quantitative estimate of drug-likeness (QED) is 0.483. The summed E-state index contributed by atoms with van der Waals surface area (Å²) in [6, 6.07) is 23.6. The summed E-state index contributed by atoms with van der Waals surface area (Å²) in [6.45, 7) is 0. The van der Waals surface area contributed by atoms with Crippen LogP contribution in [0.5, 0.6) is 0 Å². The molecule has 0 spiro atoms. The maximum Gasteiger partial charge on any atom is 0.316 e. The molecular formula is C23H22N4O3. The summed E-state index contributed by atoms with van der Waals surface area (Å²) < 4.78 is 0. The number of amides is 4. The predicted molar refractivity (Wildman–Crippen MR) is 116 cm³/mol. The summed E-state index contributed by atoms with van der Waals surface area (Å²) in [5, 5.41) is 8.19. The van der Waals surface area contributed by atoms with E-state index in [2.05, 4.69) is 16.0 Å². The number of carbonyl (C=O) groups is 3. The number of anilines is 2. The van der Waals surface area contributed by atoms with Crippen molar-refractivity contribution in [2.75, 3.05) is 10.6 Å². The third kappa shape index (κ3) is 5.93. The Labute approximate surface area is 174 Å². The lowest BCUT2D eigenvalue weighted by Crippen LogP contribution is -2.31. The number of carbonyl (C=O) groups excluding carboxylic acids is 3. The lowest BCUT2D eigenvalue weighted by molar-refractivity contribution is -0.116. The summed E-state index contributed by atoms with van der Waals surface area (Å²) in [6.07, 6.45) is 0.0594. The van der Waals surface area contributed by atoms with E-state index in [1.54, 1.807) is 48.5 Å². The molecule has 0 saturated heterocycles. The van der Waals surface area contributed by atoms with E-state index in [4.69, 9.17) is 5.73 Å². The van der Waals surface area contributed by atoms with Gasteiger partial charge in [0.05, 0.1) is 12.5 Å². The number of urea groups is 1. The van der Waals surface area contributed by atoms with Crippen LogP contribution in [0.2, 0.25) is 0 Å². The lowest BCUT2D eigenvalue weighted by atomic mass is 10.0. The lowest BCUT2D eigenvalue weighted by Gasteiger charge is -2.19. The molecule has 4 amide bonds. The molecule has 30 heavy (non-hydrogen) atoms. The Morgan fingerprint density at radius 2 is 1.27 bits per heavy atom. The van der Waals surface area contributed by atoms with Gasteiger partial charge in [0.15, 0.2) is 0 Å². The Balaban J connectivity index is 1.69. The summed E-state index contributed by atoms with van der Waals surface area (Å²) in [5.74, 6) is -0.507. The van der Waals surface area contributed by atoms with Gasteiger partial charge in [-0.15, -0.1) is 0 Å². The minimum Gasteiger partial charge on any atom is -0.351 e. The largest absolute Gasteiger partial charge is 0.351 e. The van der Waals surface area contributed by atoms with Gasteiger partial charge >= 0.3 is 6.03 Å². The monoisotopic (exact) mass is 402 g/mol. The first kappa shape index (κ1) is 20.6. The van der Waals surface area contributed by atoms with Crippen LogP contribution in [0.4, 0.5) is 16.2 Å². The van der Waals surface area contributed by atoms with Crippen LogP contribution in [-0.2, 0) is 4.79 Å². The molecule has 1 unspecified atom stereocenters. The summed E-state index contributed by atoms with van der Waals surface area (Å²) in [5.41, 5.74) is 7.53. The predicted octanol–water partition coefficient (Wildman–Crippen LogP) is 3.68. The van der Waals surface area contributed by atoms with Crippen LogP contribution >= 0.6 is 0 Å². The highest BCUT2D eigenvalue weighted by atomic mass is 16.2. The van der Waals surface area contributed by atoms with E-state index in [0.717, 1.165) is 5.56 Å². The van der Waals surface area contributed by atoms with Crippen molar-refractivity contribution in [3.05, 3.63) is 96.1 Å². The zero-order chi connectivity index (χ0) is 21.3. The minimum atomic E-state index is -0.661. The number of rotatable bonds is 7. The summed E-state index contributed by atoms with van der Waals surface area (Å²) in [4.78, 5) is 36.1. The van der Waals surface area contributed by atoms with Gasteiger partial charge in [-0.05, 0) is 42.0 Å². The van der Waals surface area contributed by atoms with Gasteiger partial charge in [0.1, 0.15) is 0 Å². The minimum absolute atomic E-state index is 0.0594. The zero-order valence-corrected chi connectivity index (χ0v) is 16.2. The first-order chi connectivity index (χ1) is 14.5. The van der Waals surface area contributed by atoms with Crippen LogP contribution < -0.4 is 21.7 Å². The SMILES string of the molecule is NC(=O)Nc1ccc(NC(=O)CC(NC(=O)c2ccccc2)c2ccccc2)cc1. The van der Waals surface area contributed by atoms with Crippen molar-refractivity contribution in [1.29, 1.82) is 0 Å². The highest BCUT2D eigenvalue weighted by Crippen LogP contribution is 2.20. The fourth-order valence-corrected chi connectivity index (χ4v) is 2.95. The second-order valence-electron chi connectivity index (χ2n) is 6.62. The molecule has 1 atom stereocenters. The molecule has 3 rings (SSSR count). The average molecular weight is 402 g/mol. The van der Waals surface area contributed by atoms with Crippen LogP contribution in [-0.4, -0.2) is 17.8 Å². The molecule has 0 saturated carbocycles. The molecular weight excluding hydrogens is 380 g/mol. The van der Waals surface area contributed by atoms with Crippen LogP contribution in [0.3, 0.4) is 0 Å². The van der Waals surface area contributed by atoms with E-state index >= 15 is 0 Å². The van der Waals surface area contributed by atoms with E-state index in [9.17, 15) is 14.4 Å². The Bertz CT molecular complexity index is 1010. The maximum atomic E-state index is 12.6. The van der Waals surface area contributed by atoms with Crippen molar-refractivity contribution in [1.82, 2.24) is 5.32 Å². The summed E-state index contributed by atoms with van der Waals surface area (Å²) in [7, 11) is 0. The van der Waals surface area contributed by atoms with E-state index < -0.39 is 12.1 Å². The molecule has 0 bridgehead atoms. The molecule has 7 heteroatoms. The van der Waals surface area contributed by atoms with E-state index in [0.29, 0.717) is 16.9 Å². The molecule has 0 fully saturated rings. The Hall–Kier alpha value is -4.13. The van der Waals surface area contributed by atoms with Crippen molar-refractivity contribution in [2.45, 2.75) is 12.5 Å². The topological polar surface area (TPSA) is 113 Å². The van der Waals surface area contributed by atoms with Gasteiger partial charge in [0.2, 0.25) is 5.91 Å². The van der Waals surface area contributed by atoms with Crippen LogP contribution in [0, 0.1) is 0 Å². The van der Waals surface area contributed by atoms with Crippen LogP contribution in [0.15, 0.2) is 84.9 Å². The normalized spacial score (nSPS) is 11.2. The third-order valence-corrected chi connectivity index (χ3v) is 4.37. The van der Waals surface area contributed by atoms with Crippen molar-refractivity contribution in [2.24, 2.45) is 5.73 Å². The molecule has 5 N–H and O–H groups in total. The number of nitrogens with one attached hydrogen (secondary N) is 3. The number of benzene rings is 3.